The predicted molar refractivity (Wildman–Crippen MR) is 27.1 cm³/mol. The second-order valence-electron chi connectivity index (χ2n) is 1.22. The van der Waals surface area contributed by atoms with Crippen LogP contribution in [0.25, 0.3) is 0 Å². The van der Waals surface area contributed by atoms with Crippen LogP contribution in [0.15, 0.2) is 0 Å². The van der Waals surface area contributed by atoms with Gasteiger partial charge in [0.15, 0.2) is 0 Å². The SMILES string of the molecule is CCC(C)[S-].[Li+]. The molecule has 2 heteroatoms. The van der Waals surface area contributed by atoms with Crippen molar-refractivity contribution in [1.82, 2.24) is 0 Å². The van der Waals surface area contributed by atoms with Gasteiger partial charge < -0.3 is 12.6 Å². The average Bonchev–Trinajstić information content (AvgIpc) is 1.38. The third kappa shape index (κ3) is 8.87. The van der Waals surface area contributed by atoms with Crippen LogP contribution in [-0.4, -0.2) is 5.25 Å². The first-order valence-corrected chi connectivity index (χ1v) is 2.40. The summed E-state index contributed by atoms with van der Waals surface area (Å²) in [6.07, 6.45) is 1.12. The summed E-state index contributed by atoms with van der Waals surface area (Å²) in [5.41, 5.74) is 0. The zero-order valence-corrected chi connectivity index (χ0v) is 5.51. The van der Waals surface area contributed by atoms with Crippen LogP contribution in [0.2, 0.25) is 0 Å². The van der Waals surface area contributed by atoms with Gasteiger partial charge in [0.1, 0.15) is 0 Å². The Bertz CT molecular complexity index is 21.5. The number of hydrogen-bond donors (Lipinski definition) is 0. The molecule has 0 N–H and O–H groups in total. The summed E-state index contributed by atoms with van der Waals surface area (Å²) in [7, 11) is 0. The van der Waals surface area contributed by atoms with Gasteiger partial charge in [0.05, 0.1) is 0 Å². The van der Waals surface area contributed by atoms with Crippen molar-refractivity contribution in [3.05, 3.63) is 0 Å². The van der Waals surface area contributed by atoms with Crippen LogP contribution >= 0.6 is 0 Å². The van der Waals surface area contributed by atoms with E-state index in [1.807, 2.05) is 6.92 Å². The molecule has 0 saturated carbocycles. The Hall–Kier alpha value is 0.947. The van der Waals surface area contributed by atoms with E-state index < -0.39 is 0 Å². The predicted octanol–water partition coefficient (Wildman–Crippen LogP) is -1.66. The van der Waals surface area contributed by atoms with Crippen LogP contribution in [0.3, 0.4) is 0 Å². The molecule has 6 heavy (non-hydrogen) atoms. The number of rotatable bonds is 1. The Kier molecular flexibility index (Phi) is 9.95. The minimum absolute atomic E-state index is 0. The monoisotopic (exact) mass is 96.1 g/mol. The molecule has 0 fully saturated rings. The molecule has 0 aliphatic heterocycles. The molecule has 0 aliphatic carbocycles. The van der Waals surface area contributed by atoms with Crippen LogP contribution in [0.5, 0.6) is 0 Å². The molecule has 1 unspecified atom stereocenters. The molecule has 0 amide bonds. The van der Waals surface area contributed by atoms with Crippen molar-refractivity contribution in [2.24, 2.45) is 0 Å². The summed E-state index contributed by atoms with van der Waals surface area (Å²) in [4.78, 5) is 0. The second kappa shape index (κ2) is 5.95. The third-order valence-electron chi connectivity index (χ3n) is 0.575. The smallest absolute Gasteiger partial charge is 0.789 e. The van der Waals surface area contributed by atoms with Crippen LogP contribution in [0, 0.1) is 0 Å². The van der Waals surface area contributed by atoms with Crippen LogP contribution in [-0.2, 0) is 12.6 Å². The summed E-state index contributed by atoms with van der Waals surface area (Å²) < 4.78 is 0. The van der Waals surface area contributed by atoms with Crippen molar-refractivity contribution in [2.45, 2.75) is 25.5 Å². The van der Waals surface area contributed by atoms with Crippen molar-refractivity contribution in [3.8, 4) is 0 Å². The summed E-state index contributed by atoms with van der Waals surface area (Å²) in [5, 5.41) is 0.468. The van der Waals surface area contributed by atoms with E-state index in [2.05, 4.69) is 6.92 Å². The maximum atomic E-state index is 4.78. The second-order valence-corrected chi connectivity index (χ2v) is 2.02. The van der Waals surface area contributed by atoms with Gasteiger partial charge in [-0.1, -0.05) is 20.3 Å². The van der Waals surface area contributed by atoms with Crippen molar-refractivity contribution in [3.63, 3.8) is 0 Å². The molecule has 0 bridgehead atoms. The third-order valence-corrected chi connectivity index (χ3v) is 0.908. The Morgan fingerprint density at radius 1 is 1.67 bits per heavy atom. The largest absolute Gasteiger partial charge is 1.00 e. The topological polar surface area (TPSA) is 0 Å². The molecule has 1 atom stereocenters. The molecule has 0 saturated heterocycles. The maximum Gasteiger partial charge on any atom is 1.00 e. The van der Waals surface area contributed by atoms with Gasteiger partial charge in [-0.2, -0.15) is 5.25 Å². The van der Waals surface area contributed by atoms with Gasteiger partial charge in [0.2, 0.25) is 0 Å². The fourth-order valence-corrected chi connectivity index (χ4v) is 0. The van der Waals surface area contributed by atoms with Gasteiger partial charge in [-0.05, 0) is 0 Å². The van der Waals surface area contributed by atoms with E-state index >= 15 is 0 Å². The summed E-state index contributed by atoms with van der Waals surface area (Å²) >= 11 is 4.78. The van der Waals surface area contributed by atoms with Crippen molar-refractivity contribution >= 4 is 12.6 Å². The maximum absolute atomic E-state index is 4.78. The quantitative estimate of drug-likeness (QED) is 0.278. The van der Waals surface area contributed by atoms with E-state index in [4.69, 9.17) is 12.6 Å². The molecule has 0 heterocycles. The first kappa shape index (κ1) is 10.0. The molecule has 0 radical (unpaired) electrons. The fourth-order valence-electron chi connectivity index (χ4n) is 0. The van der Waals surface area contributed by atoms with E-state index in [1.165, 1.54) is 0 Å². The standard InChI is InChI=1S/C4H10S.Li/c1-3-4(2)5;/h4-5H,3H2,1-2H3;/q;+1/p-1. The Balaban J connectivity index is 0. The Morgan fingerprint density at radius 3 is 1.83 bits per heavy atom. The molecule has 0 spiro atoms. The van der Waals surface area contributed by atoms with Gasteiger partial charge in [0.25, 0.3) is 0 Å². The zero-order valence-electron chi connectivity index (χ0n) is 4.69. The molecule has 0 aromatic carbocycles. The van der Waals surface area contributed by atoms with Gasteiger partial charge in [0, 0.05) is 0 Å². The van der Waals surface area contributed by atoms with Crippen molar-refractivity contribution < 1.29 is 18.9 Å². The van der Waals surface area contributed by atoms with E-state index in [0.717, 1.165) is 6.42 Å². The molecular formula is C4H9LiS. The van der Waals surface area contributed by atoms with E-state index in [0.29, 0.717) is 5.25 Å². The minimum Gasteiger partial charge on any atom is -0.789 e. The van der Waals surface area contributed by atoms with Crippen molar-refractivity contribution in [1.29, 1.82) is 0 Å². The van der Waals surface area contributed by atoms with Crippen LogP contribution < -0.4 is 18.9 Å². The van der Waals surface area contributed by atoms with Gasteiger partial charge in [-0.3, -0.25) is 0 Å². The van der Waals surface area contributed by atoms with Crippen LogP contribution in [0.1, 0.15) is 20.3 Å². The van der Waals surface area contributed by atoms with Gasteiger partial charge in [-0.15, -0.1) is 0 Å². The van der Waals surface area contributed by atoms with Crippen LogP contribution in [0.4, 0.5) is 0 Å². The van der Waals surface area contributed by atoms with Gasteiger partial charge in [-0.25, -0.2) is 0 Å². The fraction of sp³-hybridized carbons (Fsp3) is 1.00. The molecule has 0 aliphatic rings. The van der Waals surface area contributed by atoms with Gasteiger partial charge >= 0.3 is 18.9 Å². The molecular weight excluding hydrogens is 87.1 g/mol. The molecule has 0 aromatic heterocycles. The Labute approximate surface area is 57.3 Å². The molecule has 0 nitrogen and oxygen atoms in total. The minimum atomic E-state index is 0. The Morgan fingerprint density at radius 2 is 1.83 bits per heavy atom. The van der Waals surface area contributed by atoms with E-state index in [9.17, 15) is 0 Å². The van der Waals surface area contributed by atoms with Crippen molar-refractivity contribution in [2.75, 3.05) is 0 Å². The number of hydrogen-bond acceptors (Lipinski definition) is 1. The normalized spacial score (nSPS) is 12.5. The molecule has 0 rings (SSSR count). The van der Waals surface area contributed by atoms with E-state index in [-0.39, 0.29) is 18.9 Å². The molecule has 0 aromatic rings. The summed E-state index contributed by atoms with van der Waals surface area (Å²) in [5.74, 6) is 0. The first-order chi connectivity index (χ1) is 2.27. The molecule has 32 valence electrons. The average molecular weight is 96.1 g/mol. The summed E-state index contributed by atoms with van der Waals surface area (Å²) in [6.45, 7) is 4.13. The van der Waals surface area contributed by atoms with E-state index in [1.54, 1.807) is 0 Å². The first-order valence-electron chi connectivity index (χ1n) is 1.93. The summed E-state index contributed by atoms with van der Waals surface area (Å²) in [6, 6.07) is 0. The zero-order chi connectivity index (χ0) is 4.28.